The summed E-state index contributed by atoms with van der Waals surface area (Å²) in [6, 6.07) is 24.0. The summed E-state index contributed by atoms with van der Waals surface area (Å²) in [6.45, 7) is 6.42. The molecule has 11 heteroatoms. The fraction of sp³-hybridized carbons (Fsp3) is 0.341. The van der Waals surface area contributed by atoms with Gasteiger partial charge in [0.2, 0.25) is 0 Å². The van der Waals surface area contributed by atoms with Crippen LogP contribution in [-0.2, 0) is 24.9 Å². The lowest BCUT2D eigenvalue weighted by atomic mass is 10.1. The summed E-state index contributed by atoms with van der Waals surface area (Å²) in [4.78, 5) is 27.3. The number of methoxy groups -OCH3 is 2. The topological polar surface area (TPSA) is 117 Å². The summed E-state index contributed by atoms with van der Waals surface area (Å²) in [6.07, 6.45) is 6.28. The Hall–Kier alpha value is -5.89. The summed E-state index contributed by atoms with van der Waals surface area (Å²) in [5.74, 6) is 1.50. The highest BCUT2D eigenvalue weighted by molar-refractivity contribution is 5.98. The third-order valence-corrected chi connectivity index (χ3v) is 9.95. The number of hydrogen-bond acceptors (Lipinski definition) is 6. The van der Waals surface area contributed by atoms with Crippen molar-refractivity contribution in [3.05, 3.63) is 101 Å². The molecule has 7 rings (SSSR count). The van der Waals surface area contributed by atoms with Crippen LogP contribution >= 0.6 is 0 Å². The number of nitrogens with zero attached hydrogens (tertiary/aromatic N) is 5. The first kappa shape index (κ1) is 34.6. The van der Waals surface area contributed by atoms with E-state index in [1.165, 1.54) is 4.57 Å². The van der Waals surface area contributed by atoms with Gasteiger partial charge in [-0.15, -0.1) is 0 Å². The van der Waals surface area contributed by atoms with Crippen LogP contribution in [0.1, 0.15) is 51.3 Å². The lowest BCUT2D eigenvalue weighted by Gasteiger charge is -2.21. The van der Waals surface area contributed by atoms with E-state index in [1.54, 1.807) is 24.9 Å². The Balaban J connectivity index is 1.35. The fourth-order valence-corrected chi connectivity index (χ4v) is 7.64. The van der Waals surface area contributed by atoms with Gasteiger partial charge in [0.05, 0.1) is 32.1 Å². The zero-order valence-electron chi connectivity index (χ0n) is 30.5. The molecule has 0 radical (unpaired) electrons. The molecule has 3 aromatic heterocycles. The van der Waals surface area contributed by atoms with Gasteiger partial charge in [-0.05, 0) is 70.2 Å². The molecule has 3 aromatic carbocycles. The third-order valence-electron chi connectivity index (χ3n) is 9.95. The van der Waals surface area contributed by atoms with Crippen molar-refractivity contribution in [2.24, 2.45) is 13.0 Å². The van der Waals surface area contributed by atoms with E-state index in [9.17, 15) is 14.9 Å². The zero-order valence-corrected chi connectivity index (χ0v) is 30.5. The van der Waals surface area contributed by atoms with Crippen LogP contribution in [0.15, 0.2) is 83.9 Å². The molecule has 1 saturated carbocycles. The van der Waals surface area contributed by atoms with E-state index in [2.05, 4.69) is 28.2 Å². The molecule has 1 fully saturated rings. The second kappa shape index (κ2) is 13.7. The van der Waals surface area contributed by atoms with Crippen LogP contribution in [-0.4, -0.2) is 50.2 Å². The van der Waals surface area contributed by atoms with Crippen LogP contribution in [0.2, 0.25) is 0 Å². The van der Waals surface area contributed by atoms with Gasteiger partial charge in [0.15, 0.2) is 0 Å². The smallest absolute Gasteiger partial charge is 0.407 e. The minimum absolute atomic E-state index is 0.0341. The van der Waals surface area contributed by atoms with Crippen molar-refractivity contribution in [3.8, 4) is 34.5 Å². The maximum atomic E-state index is 14.8. The molecule has 268 valence electrons. The molecule has 1 amide bonds. The molecule has 0 bridgehead atoms. The number of ether oxygens (including phenoxy) is 3. The van der Waals surface area contributed by atoms with E-state index in [4.69, 9.17) is 14.2 Å². The minimum atomic E-state index is -0.558. The van der Waals surface area contributed by atoms with Crippen LogP contribution < -0.4 is 20.5 Å². The second-order valence-corrected chi connectivity index (χ2v) is 14.6. The fourth-order valence-electron chi connectivity index (χ4n) is 7.64. The highest BCUT2D eigenvalue weighted by Crippen LogP contribution is 2.38. The average molecular weight is 701 g/mol. The number of carbonyl (C=O) groups is 1. The van der Waals surface area contributed by atoms with Crippen molar-refractivity contribution in [1.82, 2.24) is 23.6 Å². The van der Waals surface area contributed by atoms with Crippen molar-refractivity contribution in [2.75, 3.05) is 14.2 Å². The average Bonchev–Trinajstić information content (AvgIpc) is 3.87. The number of nitriles is 1. The highest BCUT2D eigenvalue weighted by Gasteiger charge is 2.31. The number of aryl methyl sites for hydroxylation is 1. The number of rotatable bonds is 9. The van der Waals surface area contributed by atoms with Gasteiger partial charge in [0, 0.05) is 71.0 Å². The Morgan fingerprint density at radius 2 is 1.69 bits per heavy atom. The van der Waals surface area contributed by atoms with Crippen molar-refractivity contribution in [1.29, 1.82) is 5.26 Å². The normalized spacial score (nSPS) is 15.9. The second-order valence-electron chi connectivity index (χ2n) is 14.6. The van der Waals surface area contributed by atoms with Gasteiger partial charge in [0.25, 0.3) is 0 Å². The lowest BCUT2D eigenvalue weighted by Crippen LogP contribution is -2.38. The maximum Gasteiger partial charge on any atom is 0.407 e. The first-order valence-corrected chi connectivity index (χ1v) is 17.6. The molecule has 1 aliphatic rings. The molecule has 0 spiro atoms. The molecule has 6 aromatic rings. The van der Waals surface area contributed by atoms with Crippen molar-refractivity contribution in [2.45, 2.75) is 64.8 Å². The van der Waals surface area contributed by atoms with Crippen LogP contribution in [0.4, 0.5) is 4.79 Å². The third kappa shape index (κ3) is 6.41. The number of alkyl carbamates (subject to hydrolysis) is 1. The van der Waals surface area contributed by atoms with E-state index in [-0.39, 0.29) is 30.1 Å². The number of fused-ring (bicyclic) bond motifs is 2. The molecule has 0 unspecified atom stereocenters. The van der Waals surface area contributed by atoms with Gasteiger partial charge in [0.1, 0.15) is 28.9 Å². The van der Waals surface area contributed by atoms with Crippen molar-refractivity contribution in [3.63, 3.8) is 0 Å². The Morgan fingerprint density at radius 3 is 2.40 bits per heavy atom. The van der Waals surface area contributed by atoms with E-state index in [1.807, 2.05) is 93.2 Å². The van der Waals surface area contributed by atoms with E-state index in [0.29, 0.717) is 28.8 Å². The first-order chi connectivity index (χ1) is 25.0. The molecule has 1 N–H and O–H groups in total. The summed E-state index contributed by atoms with van der Waals surface area (Å²) >= 11 is 0. The predicted molar refractivity (Wildman–Crippen MR) is 201 cm³/mol. The predicted octanol–water partition coefficient (Wildman–Crippen LogP) is 7.38. The monoisotopic (exact) mass is 700 g/mol. The quantitative estimate of drug-likeness (QED) is 0.168. The van der Waals surface area contributed by atoms with Crippen LogP contribution in [0.5, 0.6) is 11.5 Å². The van der Waals surface area contributed by atoms with E-state index in [0.717, 1.165) is 58.7 Å². The Kier molecular flexibility index (Phi) is 9.09. The Bertz CT molecular complexity index is 2400. The minimum Gasteiger partial charge on any atom is -0.497 e. The number of carbonyl (C=O) groups excluding carboxylic acids is 1. The largest absolute Gasteiger partial charge is 0.497 e. The lowest BCUT2D eigenvalue weighted by molar-refractivity contribution is 0.0504. The number of amides is 1. The number of para-hydroxylation sites is 2. The molecule has 52 heavy (non-hydrogen) atoms. The number of aromatic nitrogens is 4. The standard InChI is InChI=1S/C41H44N6O5/c1-41(2,3)52-39(48)43-28-17-15-26(19-28)22-45-24-32(30-11-7-10-14-34(30)45)38-35(21-42)46(23-27-16-18-29(50-5)20-37(27)51-6)40(49)47(38)36-25-44(4)33-13-9-8-12-31(33)36/h7-14,16,18,20,24-26,28H,15,17,19,22-23H2,1-6H3,(H,43,48)/t26-,28+/m0/s1. The summed E-state index contributed by atoms with van der Waals surface area (Å²) < 4.78 is 24.1. The highest BCUT2D eigenvalue weighted by atomic mass is 16.6. The zero-order chi connectivity index (χ0) is 36.7. The summed E-state index contributed by atoms with van der Waals surface area (Å²) in [5.41, 5.74) is 4.09. The molecule has 11 nitrogen and oxygen atoms in total. The summed E-state index contributed by atoms with van der Waals surface area (Å²) in [7, 11) is 5.12. The molecular formula is C41H44N6O5. The van der Waals surface area contributed by atoms with Crippen LogP contribution in [0.25, 0.3) is 38.8 Å². The Morgan fingerprint density at radius 1 is 0.962 bits per heavy atom. The van der Waals surface area contributed by atoms with Crippen molar-refractivity contribution >= 4 is 27.9 Å². The molecule has 3 heterocycles. The van der Waals surface area contributed by atoms with Gasteiger partial charge in [-0.1, -0.05) is 36.4 Å². The molecular weight excluding hydrogens is 656 g/mol. The van der Waals surface area contributed by atoms with Gasteiger partial charge in [-0.3, -0.25) is 9.13 Å². The van der Waals surface area contributed by atoms with E-state index >= 15 is 0 Å². The SMILES string of the molecule is COc1ccc(Cn2c(C#N)c(-c3cn(C[C@H]4CC[C@@H](NC(=O)OC(C)(C)C)C4)c4ccccc34)n(-c3cn(C)c4ccccc34)c2=O)c(OC)c1. The molecule has 0 aliphatic heterocycles. The van der Waals surface area contributed by atoms with Crippen molar-refractivity contribution < 1.29 is 19.0 Å². The van der Waals surface area contributed by atoms with Gasteiger partial charge in [-0.25, -0.2) is 9.59 Å². The number of benzene rings is 3. The van der Waals surface area contributed by atoms with Crippen LogP contribution in [0, 0.1) is 17.2 Å². The first-order valence-electron chi connectivity index (χ1n) is 17.6. The molecule has 0 saturated heterocycles. The van der Waals surface area contributed by atoms with Gasteiger partial charge < -0.3 is 28.7 Å². The van der Waals surface area contributed by atoms with E-state index < -0.39 is 5.60 Å². The molecule has 2 atom stereocenters. The van der Waals surface area contributed by atoms with Gasteiger partial charge in [-0.2, -0.15) is 5.26 Å². The number of nitrogens with one attached hydrogen (secondary N) is 1. The Labute approximate surface area is 302 Å². The number of imidazole rings is 1. The maximum absolute atomic E-state index is 14.8. The number of hydrogen-bond donors (Lipinski definition) is 1. The molecule has 1 aliphatic carbocycles. The summed E-state index contributed by atoms with van der Waals surface area (Å²) in [5, 5.41) is 15.8. The van der Waals surface area contributed by atoms with Gasteiger partial charge >= 0.3 is 11.8 Å². The van der Waals surface area contributed by atoms with Crippen LogP contribution in [0.3, 0.4) is 0 Å².